The lowest BCUT2D eigenvalue weighted by molar-refractivity contribution is -0.274. The van der Waals surface area contributed by atoms with E-state index >= 15 is 0 Å². The largest absolute Gasteiger partial charge is 0.573 e. The number of phenolic OH excluding ortho intramolecular Hbond substituents is 1. The molecule has 2 rings (SSSR count). The Morgan fingerprint density at radius 3 is 2.55 bits per heavy atom. The van der Waals surface area contributed by atoms with Crippen LogP contribution in [0.4, 0.5) is 13.2 Å². The van der Waals surface area contributed by atoms with Crippen molar-refractivity contribution in [1.82, 2.24) is 4.98 Å². The van der Waals surface area contributed by atoms with E-state index in [1.807, 2.05) is 0 Å². The number of alkyl halides is 3. The predicted molar refractivity (Wildman–Crippen MR) is 62.5 cm³/mol. The molecule has 1 aromatic heterocycles. The van der Waals surface area contributed by atoms with Crippen molar-refractivity contribution in [1.29, 1.82) is 0 Å². The standard InChI is InChI=1S/C13H8F3NO3/c14-13(15,16)20-10-6-8(5-9(18)7-10)12(19)11-3-1-2-4-17-11/h1-7,18H. The first-order chi connectivity index (χ1) is 9.35. The van der Waals surface area contributed by atoms with Gasteiger partial charge in [-0.25, -0.2) is 0 Å². The molecule has 0 radical (unpaired) electrons. The SMILES string of the molecule is O=C(c1cc(O)cc(OC(F)(F)F)c1)c1ccccn1. The molecule has 0 saturated heterocycles. The Morgan fingerprint density at radius 1 is 1.20 bits per heavy atom. The van der Waals surface area contributed by atoms with Gasteiger partial charge in [-0.15, -0.1) is 13.2 Å². The summed E-state index contributed by atoms with van der Waals surface area (Å²) in [5.41, 5.74) is -0.0981. The van der Waals surface area contributed by atoms with Crippen LogP contribution in [-0.2, 0) is 0 Å². The lowest BCUT2D eigenvalue weighted by Crippen LogP contribution is -2.17. The second kappa shape index (κ2) is 5.20. The molecule has 20 heavy (non-hydrogen) atoms. The Morgan fingerprint density at radius 2 is 1.95 bits per heavy atom. The summed E-state index contributed by atoms with van der Waals surface area (Å²) in [6.07, 6.45) is -3.53. The molecule has 0 spiro atoms. The van der Waals surface area contributed by atoms with Gasteiger partial charge in [0, 0.05) is 17.8 Å². The number of halogens is 3. The van der Waals surface area contributed by atoms with Gasteiger partial charge in [0.05, 0.1) is 0 Å². The number of aromatic nitrogens is 1. The molecular weight excluding hydrogens is 275 g/mol. The zero-order chi connectivity index (χ0) is 14.8. The highest BCUT2D eigenvalue weighted by Crippen LogP contribution is 2.28. The summed E-state index contributed by atoms with van der Waals surface area (Å²) in [5, 5.41) is 9.37. The number of carbonyl (C=O) groups excluding carboxylic acids is 1. The molecule has 0 fully saturated rings. The number of phenols is 1. The number of aromatic hydroxyl groups is 1. The van der Waals surface area contributed by atoms with Gasteiger partial charge in [0.15, 0.2) is 0 Å². The van der Waals surface area contributed by atoms with Gasteiger partial charge in [0.1, 0.15) is 17.2 Å². The fourth-order valence-corrected chi connectivity index (χ4v) is 1.55. The normalized spacial score (nSPS) is 11.2. The fourth-order valence-electron chi connectivity index (χ4n) is 1.55. The van der Waals surface area contributed by atoms with Crippen LogP contribution in [0.3, 0.4) is 0 Å². The van der Waals surface area contributed by atoms with Gasteiger partial charge in [0.2, 0.25) is 5.78 Å². The highest BCUT2D eigenvalue weighted by atomic mass is 19.4. The van der Waals surface area contributed by atoms with Crippen molar-refractivity contribution in [3.8, 4) is 11.5 Å². The second-order valence-electron chi connectivity index (χ2n) is 3.81. The molecule has 0 atom stereocenters. The van der Waals surface area contributed by atoms with Gasteiger partial charge in [0.25, 0.3) is 0 Å². The summed E-state index contributed by atoms with van der Waals surface area (Å²) in [5.74, 6) is -1.80. The Hall–Kier alpha value is -2.57. The molecule has 1 heterocycles. The van der Waals surface area contributed by atoms with Gasteiger partial charge in [-0.05, 0) is 24.3 Å². The Kier molecular flexibility index (Phi) is 3.60. The molecule has 0 amide bonds. The Balaban J connectivity index is 2.35. The third kappa shape index (κ3) is 3.47. The van der Waals surface area contributed by atoms with Crippen LogP contribution in [0.15, 0.2) is 42.6 Å². The van der Waals surface area contributed by atoms with E-state index in [-0.39, 0.29) is 11.3 Å². The minimum absolute atomic E-state index is 0.0519. The van der Waals surface area contributed by atoms with E-state index in [1.165, 1.54) is 12.3 Å². The zero-order valence-electron chi connectivity index (χ0n) is 9.89. The second-order valence-corrected chi connectivity index (χ2v) is 3.81. The average molecular weight is 283 g/mol. The first kappa shape index (κ1) is 13.9. The minimum atomic E-state index is -4.90. The van der Waals surface area contributed by atoms with Crippen molar-refractivity contribution in [3.63, 3.8) is 0 Å². The number of hydrogen-bond acceptors (Lipinski definition) is 4. The van der Waals surface area contributed by atoms with Gasteiger partial charge >= 0.3 is 6.36 Å². The molecule has 0 aliphatic carbocycles. The van der Waals surface area contributed by atoms with Crippen molar-refractivity contribution >= 4 is 5.78 Å². The first-order valence-corrected chi connectivity index (χ1v) is 5.41. The number of pyridine rings is 1. The summed E-state index contributed by atoms with van der Waals surface area (Å²) < 4.78 is 40.1. The summed E-state index contributed by atoms with van der Waals surface area (Å²) in [7, 11) is 0. The third-order valence-electron chi connectivity index (χ3n) is 2.28. The fraction of sp³-hybridized carbons (Fsp3) is 0.0769. The molecule has 1 aromatic carbocycles. The summed E-state index contributed by atoms with van der Waals surface area (Å²) >= 11 is 0. The number of ketones is 1. The van der Waals surface area contributed by atoms with Crippen molar-refractivity contribution in [3.05, 3.63) is 53.9 Å². The lowest BCUT2D eigenvalue weighted by atomic mass is 10.1. The molecule has 2 aromatic rings. The highest BCUT2D eigenvalue weighted by Gasteiger charge is 2.31. The van der Waals surface area contributed by atoms with Crippen LogP contribution >= 0.6 is 0 Å². The van der Waals surface area contributed by atoms with Crippen LogP contribution in [0, 0.1) is 0 Å². The van der Waals surface area contributed by atoms with Crippen molar-refractivity contribution in [2.75, 3.05) is 0 Å². The van der Waals surface area contributed by atoms with Gasteiger partial charge in [-0.3, -0.25) is 9.78 Å². The van der Waals surface area contributed by atoms with Crippen LogP contribution in [0.25, 0.3) is 0 Å². The van der Waals surface area contributed by atoms with Crippen LogP contribution < -0.4 is 4.74 Å². The number of hydrogen-bond donors (Lipinski definition) is 1. The molecule has 0 saturated carbocycles. The van der Waals surface area contributed by atoms with Crippen molar-refractivity contribution in [2.45, 2.75) is 6.36 Å². The monoisotopic (exact) mass is 283 g/mol. The topological polar surface area (TPSA) is 59.4 Å². The molecule has 1 N–H and O–H groups in total. The molecular formula is C13H8F3NO3. The van der Waals surface area contributed by atoms with Crippen LogP contribution in [-0.4, -0.2) is 22.2 Å². The maximum atomic E-state index is 12.1. The number of benzene rings is 1. The Labute approximate surface area is 111 Å². The third-order valence-corrected chi connectivity index (χ3v) is 2.28. The number of rotatable bonds is 3. The predicted octanol–water partition coefficient (Wildman–Crippen LogP) is 2.92. The molecule has 0 aliphatic rings. The van der Waals surface area contributed by atoms with Crippen LogP contribution in [0.5, 0.6) is 11.5 Å². The van der Waals surface area contributed by atoms with E-state index in [9.17, 15) is 23.1 Å². The minimum Gasteiger partial charge on any atom is -0.508 e. The Bertz CT molecular complexity index is 627. The summed E-state index contributed by atoms with van der Waals surface area (Å²) in [6, 6.07) is 7.28. The molecule has 4 nitrogen and oxygen atoms in total. The highest BCUT2D eigenvalue weighted by molar-refractivity contribution is 6.08. The average Bonchev–Trinajstić information content (AvgIpc) is 2.36. The maximum absolute atomic E-state index is 12.1. The van der Waals surface area contributed by atoms with Crippen LogP contribution in [0.1, 0.15) is 16.1 Å². The summed E-state index contributed by atoms with van der Waals surface area (Å²) in [4.78, 5) is 15.8. The zero-order valence-corrected chi connectivity index (χ0v) is 9.89. The quantitative estimate of drug-likeness (QED) is 0.880. The van der Waals surface area contributed by atoms with Gasteiger partial charge in [-0.2, -0.15) is 0 Å². The molecule has 104 valence electrons. The lowest BCUT2D eigenvalue weighted by Gasteiger charge is -2.10. The van der Waals surface area contributed by atoms with E-state index in [0.29, 0.717) is 0 Å². The molecule has 0 aliphatic heterocycles. The van der Waals surface area contributed by atoms with Gasteiger partial charge < -0.3 is 9.84 Å². The number of ether oxygens (including phenoxy) is 1. The van der Waals surface area contributed by atoms with E-state index in [4.69, 9.17) is 0 Å². The van der Waals surface area contributed by atoms with Gasteiger partial charge in [-0.1, -0.05) is 6.07 Å². The van der Waals surface area contributed by atoms with Crippen LogP contribution in [0.2, 0.25) is 0 Å². The maximum Gasteiger partial charge on any atom is 0.573 e. The number of nitrogens with zero attached hydrogens (tertiary/aromatic N) is 1. The van der Waals surface area contributed by atoms with E-state index in [0.717, 1.165) is 18.2 Å². The number of carbonyl (C=O) groups is 1. The van der Waals surface area contributed by atoms with E-state index in [2.05, 4.69) is 9.72 Å². The smallest absolute Gasteiger partial charge is 0.508 e. The summed E-state index contributed by atoms with van der Waals surface area (Å²) in [6.45, 7) is 0. The van der Waals surface area contributed by atoms with Crippen molar-refractivity contribution < 1.29 is 27.8 Å². The first-order valence-electron chi connectivity index (χ1n) is 5.41. The van der Waals surface area contributed by atoms with Crippen molar-refractivity contribution in [2.24, 2.45) is 0 Å². The van der Waals surface area contributed by atoms with E-state index in [1.54, 1.807) is 12.1 Å². The molecule has 0 bridgehead atoms. The van der Waals surface area contributed by atoms with E-state index < -0.39 is 23.6 Å². The molecule has 0 unspecified atom stereocenters. The molecule has 7 heteroatoms.